The lowest BCUT2D eigenvalue weighted by atomic mass is 10.2. The molecule has 0 radical (unpaired) electrons. The summed E-state index contributed by atoms with van der Waals surface area (Å²) in [5.41, 5.74) is 3.47. The molecular weight excluding hydrogens is 431 g/mol. The third-order valence-corrected chi connectivity index (χ3v) is 7.41. The Morgan fingerprint density at radius 3 is 2.52 bits per heavy atom. The smallest absolute Gasteiger partial charge is 0.217 e. The number of hydrogen-bond donors (Lipinski definition) is 1. The second kappa shape index (κ2) is 6.36. The van der Waals surface area contributed by atoms with Crippen LogP contribution in [-0.2, 0) is 0 Å². The SMILES string of the molecule is CN1c2ccccc2[NH+]2CC(C)(CI)SC12.[O-][Cl+3]([O-])([O-])[O-]. The average Bonchev–Trinajstić information content (AvgIpc) is 2.85. The van der Waals surface area contributed by atoms with Gasteiger partial charge < -0.3 is 4.90 Å². The van der Waals surface area contributed by atoms with Gasteiger partial charge in [0.1, 0.15) is 5.69 Å². The lowest BCUT2D eigenvalue weighted by molar-refractivity contribution is -2.00. The number of rotatable bonds is 1. The number of nitrogens with one attached hydrogen (secondary N) is 1. The lowest BCUT2D eigenvalue weighted by Crippen LogP contribution is -3.09. The molecule has 0 spiro atoms. The van der Waals surface area contributed by atoms with E-state index in [1.165, 1.54) is 22.3 Å². The van der Waals surface area contributed by atoms with E-state index in [1.807, 2.05) is 0 Å². The van der Waals surface area contributed by atoms with Gasteiger partial charge in [-0.25, -0.2) is 18.6 Å². The first-order valence-corrected chi connectivity index (χ1v) is 9.82. The molecule has 1 saturated heterocycles. The molecule has 118 valence electrons. The van der Waals surface area contributed by atoms with Gasteiger partial charge in [-0.1, -0.05) is 46.5 Å². The Labute approximate surface area is 143 Å². The van der Waals surface area contributed by atoms with E-state index in [4.69, 9.17) is 18.6 Å². The number of quaternary nitrogens is 1. The molecule has 3 atom stereocenters. The summed E-state index contributed by atoms with van der Waals surface area (Å²) in [4.78, 5) is 4.08. The molecule has 0 bridgehead atoms. The Hall–Kier alpha value is 0.190. The highest BCUT2D eigenvalue weighted by Gasteiger charge is 2.52. The van der Waals surface area contributed by atoms with E-state index in [0.29, 0.717) is 10.2 Å². The first kappa shape index (κ1) is 17.5. The summed E-state index contributed by atoms with van der Waals surface area (Å²) in [5, 5.41) is 0. The summed E-state index contributed by atoms with van der Waals surface area (Å²) in [7, 11) is -2.72. The number of hydrogen-bond acceptors (Lipinski definition) is 6. The van der Waals surface area contributed by atoms with Crippen LogP contribution in [-0.4, -0.2) is 28.3 Å². The van der Waals surface area contributed by atoms with Crippen LogP contribution in [0.4, 0.5) is 11.4 Å². The Morgan fingerprint density at radius 2 is 1.95 bits per heavy atom. The van der Waals surface area contributed by atoms with Gasteiger partial charge in [0, 0.05) is 17.5 Å². The van der Waals surface area contributed by atoms with Crippen LogP contribution in [0.3, 0.4) is 0 Å². The fourth-order valence-corrected chi connectivity index (χ4v) is 4.95. The molecule has 0 amide bonds. The molecule has 0 aliphatic carbocycles. The van der Waals surface area contributed by atoms with Gasteiger partial charge >= 0.3 is 0 Å². The maximum absolute atomic E-state index is 8.49. The Kier molecular flexibility index (Phi) is 5.31. The van der Waals surface area contributed by atoms with Crippen LogP contribution in [0.1, 0.15) is 6.92 Å². The summed E-state index contributed by atoms with van der Waals surface area (Å²) in [6.07, 6.45) is 0. The Morgan fingerprint density at radius 1 is 1.38 bits per heavy atom. The quantitative estimate of drug-likeness (QED) is 0.368. The standard InChI is InChI=1S/C12H15IN2S.ClHO4/c1-12(7-13)8-15-10-6-4-3-5-9(10)14(2)11(15)16-12;2-1(3,4)5/h3-6,11H,7-8H2,1-2H3;(H,2,3,4,5). The topological polar surface area (TPSA) is 99.9 Å². The molecule has 1 aromatic carbocycles. The second-order valence-electron chi connectivity index (χ2n) is 5.26. The van der Waals surface area contributed by atoms with E-state index in [9.17, 15) is 0 Å². The minimum absolute atomic E-state index is 0.433. The van der Waals surface area contributed by atoms with Crippen LogP contribution in [0.25, 0.3) is 0 Å². The maximum Gasteiger partial charge on any atom is 0.217 e. The minimum atomic E-state index is -4.94. The second-order valence-corrected chi connectivity index (χ2v) is 8.45. The van der Waals surface area contributed by atoms with Crippen molar-refractivity contribution in [3.05, 3.63) is 24.3 Å². The van der Waals surface area contributed by atoms with Gasteiger partial charge in [-0.2, -0.15) is 0 Å². The van der Waals surface area contributed by atoms with Crippen molar-refractivity contribution in [1.82, 2.24) is 0 Å². The van der Waals surface area contributed by atoms with Crippen LogP contribution in [0.2, 0.25) is 0 Å². The molecule has 2 aliphatic rings. The van der Waals surface area contributed by atoms with Gasteiger partial charge in [0.15, 0.2) is 5.69 Å². The summed E-state index contributed by atoms with van der Waals surface area (Å²) in [6, 6.07) is 8.81. The third-order valence-electron chi connectivity index (χ3n) is 3.52. The van der Waals surface area contributed by atoms with Crippen molar-refractivity contribution in [2.45, 2.75) is 17.2 Å². The normalized spacial score (nSPS) is 30.5. The predicted molar refractivity (Wildman–Crippen MR) is 79.0 cm³/mol. The van der Waals surface area contributed by atoms with E-state index in [1.54, 1.807) is 4.90 Å². The molecule has 6 nitrogen and oxygen atoms in total. The molecule has 0 aromatic heterocycles. The van der Waals surface area contributed by atoms with E-state index < -0.39 is 10.2 Å². The largest absolute Gasteiger partial charge is 0.311 e. The lowest BCUT2D eigenvalue weighted by Gasteiger charge is -2.19. The summed E-state index contributed by atoms with van der Waals surface area (Å²) in [5.74, 6) is 0. The van der Waals surface area contributed by atoms with E-state index in [0.717, 1.165) is 0 Å². The van der Waals surface area contributed by atoms with E-state index >= 15 is 0 Å². The van der Waals surface area contributed by atoms with Crippen LogP contribution in [0.5, 0.6) is 0 Å². The first-order chi connectivity index (χ1) is 9.64. The molecule has 0 saturated carbocycles. The molecule has 3 rings (SSSR count). The molecule has 3 unspecified atom stereocenters. The molecule has 9 heteroatoms. The number of halogens is 2. The molecule has 2 aliphatic heterocycles. The van der Waals surface area contributed by atoms with Crippen molar-refractivity contribution in [2.24, 2.45) is 0 Å². The molecular formula is C12H16ClIN2O4S. The van der Waals surface area contributed by atoms with Crippen LogP contribution < -0.4 is 28.4 Å². The van der Waals surface area contributed by atoms with Gasteiger partial charge in [-0.3, -0.25) is 4.90 Å². The number of benzene rings is 1. The van der Waals surface area contributed by atoms with Crippen molar-refractivity contribution in [3.63, 3.8) is 0 Å². The highest BCUT2D eigenvalue weighted by Crippen LogP contribution is 2.41. The number of nitrogens with zero attached hydrogens (tertiary/aromatic N) is 1. The van der Waals surface area contributed by atoms with Crippen molar-refractivity contribution < 1.29 is 33.8 Å². The number of fused-ring (bicyclic) bond motifs is 3. The zero-order valence-electron chi connectivity index (χ0n) is 11.5. The Bertz CT molecular complexity index is 512. The zero-order valence-corrected chi connectivity index (χ0v) is 15.3. The molecule has 1 fully saturated rings. The summed E-state index contributed by atoms with van der Waals surface area (Å²) in [6.45, 7) is 3.64. The fourth-order valence-electron chi connectivity index (χ4n) is 2.67. The van der Waals surface area contributed by atoms with Crippen LogP contribution in [0, 0.1) is 10.2 Å². The van der Waals surface area contributed by atoms with Crippen molar-refractivity contribution >= 4 is 45.7 Å². The number of alkyl halides is 1. The van der Waals surface area contributed by atoms with Crippen molar-refractivity contribution in [1.29, 1.82) is 0 Å². The van der Waals surface area contributed by atoms with Crippen molar-refractivity contribution in [3.8, 4) is 0 Å². The molecule has 21 heavy (non-hydrogen) atoms. The average molecular weight is 447 g/mol. The number of para-hydroxylation sites is 2. The van der Waals surface area contributed by atoms with Crippen LogP contribution in [0.15, 0.2) is 24.3 Å². The van der Waals surface area contributed by atoms with E-state index in [2.05, 4.69) is 77.5 Å². The summed E-state index contributed by atoms with van der Waals surface area (Å²) < 4.78 is 35.6. The van der Waals surface area contributed by atoms with Crippen molar-refractivity contribution in [2.75, 3.05) is 22.9 Å². The predicted octanol–water partition coefficient (Wildman–Crippen LogP) is -2.88. The minimum Gasteiger partial charge on any atom is -0.311 e. The van der Waals surface area contributed by atoms with Gasteiger partial charge in [-0.05, 0) is 13.0 Å². The molecule has 1 aromatic rings. The van der Waals surface area contributed by atoms with E-state index in [-0.39, 0.29) is 0 Å². The van der Waals surface area contributed by atoms with Gasteiger partial charge in [-0.15, -0.1) is 10.2 Å². The van der Waals surface area contributed by atoms with Gasteiger partial charge in [0.2, 0.25) is 5.50 Å². The first-order valence-electron chi connectivity index (χ1n) is 6.18. The van der Waals surface area contributed by atoms with Gasteiger partial charge in [0.25, 0.3) is 0 Å². The monoisotopic (exact) mass is 446 g/mol. The van der Waals surface area contributed by atoms with Gasteiger partial charge in [0.05, 0.1) is 11.3 Å². The molecule has 1 N–H and O–H groups in total. The Balaban J connectivity index is 0.000000282. The number of thioether (sulfide) groups is 1. The zero-order chi connectivity index (χ0) is 15.8. The molecule has 2 heterocycles. The third kappa shape index (κ3) is 4.14. The number of anilines is 1. The fraction of sp³-hybridized carbons (Fsp3) is 0.500. The maximum atomic E-state index is 8.49. The van der Waals surface area contributed by atoms with Crippen LogP contribution >= 0.6 is 34.4 Å². The highest BCUT2D eigenvalue weighted by molar-refractivity contribution is 14.1. The summed E-state index contributed by atoms with van der Waals surface area (Å²) >= 11 is 4.65. The highest BCUT2D eigenvalue weighted by atomic mass is 127.